The number of hydrogen-bond acceptors (Lipinski definition) is 2. The zero-order valence-corrected chi connectivity index (χ0v) is 14.4. The molecular weight excluding hydrogens is 290 g/mol. The van der Waals surface area contributed by atoms with Crippen LogP contribution in [0.25, 0.3) is 0 Å². The van der Waals surface area contributed by atoms with Gasteiger partial charge in [0.05, 0.1) is 11.8 Å². The predicted octanol–water partition coefficient (Wildman–Crippen LogP) is 4.59. The minimum absolute atomic E-state index is 0.282. The molecule has 3 rings (SSSR count). The van der Waals surface area contributed by atoms with Gasteiger partial charge in [-0.15, -0.1) is 11.8 Å². The molecule has 1 aromatic rings. The largest absolute Gasteiger partial charge is 0.338 e. The van der Waals surface area contributed by atoms with Gasteiger partial charge in [-0.1, -0.05) is 43.5 Å². The first-order chi connectivity index (χ1) is 10.8. The van der Waals surface area contributed by atoms with Gasteiger partial charge in [0.25, 0.3) is 0 Å². The van der Waals surface area contributed by atoms with E-state index >= 15 is 0 Å². The fourth-order valence-corrected chi connectivity index (χ4v) is 5.08. The molecule has 1 aromatic carbocycles. The van der Waals surface area contributed by atoms with Gasteiger partial charge in [-0.3, -0.25) is 4.79 Å². The van der Waals surface area contributed by atoms with Crippen LogP contribution in [0.5, 0.6) is 0 Å². The lowest BCUT2D eigenvalue weighted by molar-refractivity contribution is -0.129. The van der Waals surface area contributed by atoms with Crippen LogP contribution in [0.1, 0.15) is 62.1 Å². The molecule has 3 heteroatoms. The summed E-state index contributed by atoms with van der Waals surface area (Å²) in [6.45, 7) is 0. The van der Waals surface area contributed by atoms with Crippen LogP contribution in [-0.4, -0.2) is 28.9 Å². The van der Waals surface area contributed by atoms with Gasteiger partial charge in [-0.05, 0) is 43.2 Å². The summed E-state index contributed by atoms with van der Waals surface area (Å²) in [6.07, 6.45) is 10.1. The lowest BCUT2D eigenvalue weighted by atomic mass is 9.87. The molecule has 0 aliphatic heterocycles. The molecule has 0 bridgehead atoms. The van der Waals surface area contributed by atoms with Gasteiger partial charge < -0.3 is 4.90 Å². The highest BCUT2D eigenvalue weighted by Crippen LogP contribution is 2.34. The monoisotopic (exact) mass is 317 g/mol. The van der Waals surface area contributed by atoms with Gasteiger partial charge in [-0.25, -0.2) is 0 Å². The van der Waals surface area contributed by atoms with Crippen LogP contribution in [0.4, 0.5) is 0 Å². The van der Waals surface area contributed by atoms with Crippen molar-refractivity contribution in [3.05, 3.63) is 35.4 Å². The van der Waals surface area contributed by atoms with Crippen molar-refractivity contribution in [1.29, 1.82) is 0 Å². The number of carbonyl (C=O) groups excluding carboxylic acids is 1. The van der Waals surface area contributed by atoms with Crippen LogP contribution in [0.15, 0.2) is 24.3 Å². The average molecular weight is 317 g/mol. The lowest BCUT2D eigenvalue weighted by Crippen LogP contribution is -2.35. The third kappa shape index (κ3) is 3.68. The van der Waals surface area contributed by atoms with Crippen LogP contribution in [0.2, 0.25) is 0 Å². The molecule has 0 saturated heterocycles. The fraction of sp³-hybridized carbons (Fsp3) is 0.632. The Morgan fingerprint density at radius 2 is 1.91 bits per heavy atom. The highest BCUT2D eigenvalue weighted by atomic mass is 32.2. The van der Waals surface area contributed by atoms with E-state index in [1.165, 1.54) is 49.7 Å². The van der Waals surface area contributed by atoms with Gasteiger partial charge in [-0.2, -0.15) is 0 Å². The molecule has 1 unspecified atom stereocenters. The first-order valence-electron chi connectivity index (χ1n) is 8.71. The zero-order chi connectivity index (χ0) is 15.4. The van der Waals surface area contributed by atoms with Gasteiger partial charge in [0.1, 0.15) is 0 Å². The van der Waals surface area contributed by atoms with E-state index in [-0.39, 0.29) is 6.04 Å². The maximum Gasteiger partial charge on any atom is 0.232 e. The summed E-state index contributed by atoms with van der Waals surface area (Å²) in [6, 6.07) is 8.92. The second-order valence-corrected chi connectivity index (χ2v) is 7.97. The Bertz CT molecular complexity index is 510. The predicted molar refractivity (Wildman–Crippen MR) is 94.2 cm³/mol. The number of benzene rings is 1. The van der Waals surface area contributed by atoms with E-state index in [9.17, 15) is 4.79 Å². The van der Waals surface area contributed by atoms with Crippen LogP contribution in [0.3, 0.4) is 0 Å². The third-order valence-electron chi connectivity index (χ3n) is 5.19. The summed E-state index contributed by atoms with van der Waals surface area (Å²) < 4.78 is 0. The Morgan fingerprint density at radius 1 is 1.14 bits per heavy atom. The van der Waals surface area contributed by atoms with E-state index < -0.39 is 0 Å². The summed E-state index contributed by atoms with van der Waals surface area (Å²) in [5.74, 6) is 0.956. The maximum absolute atomic E-state index is 12.6. The molecule has 2 aliphatic rings. The Kier molecular flexibility index (Phi) is 5.46. The molecule has 22 heavy (non-hydrogen) atoms. The van der Waals surface area contributed by atoms with Crippen LogP contribution < -0.4 is 0 Å². The number of rotatable bonds is 4. The van der Waals surface area contributed by atoms with Crippen molar-refractivity contribution in [3.8, 4) is 0 Å². The zero-order valence-electron chi connectivity index (χ0n) is 13.6. The topological polar surface area (TPSA) is 20.3 Å². The summed E-state index contributed by atoms with van der Waals surface area (Å²) in [5, 5.41) is 0.713. The Morgan fingerprint density at radius 3 is 2.73 bits per heavy atom. The molecule has 0 aromatic heterocycles. The molecule has 1 atom stereocenters. The average Bonchev–Trinajstić information content (AvgIpc) is 2.59. The number of amides is 1. The first kappa shape index (κ1) is 15.9. The molecule has 1 amide bonds. The Hall–Kier alpha value is -0.960. The number of carbonyl (C=O) groups is 1. The lowest BCUT2D eigenvalue weighted by Gasteiger charge is -2.33. The van der Waals surface area contributed by atoms with Crippen molar-refractivity contribution in [1.82, 2.24) is 4.90 Å². The van der Waals surface area contributed by atoms with Crippen LogP contribution in [-0.2, 0) is 11.2 Å². The molecule has 0 spiro atoms. The molecule has 1 fully saturated rings. The molecule has 0 heterocycles. The normalized spacial score (nSPS) is 22.1. The van der Waals surface area contributed by atoms with Crippen molar-refractivity contribution < 1.29 is 4.79 Å². The second-order valence-electron chi connectivity index (χ2n) is 6.68. The van der Waals surface area contributed by atoms with Gasteiger partial charge >= 0.3 is 0 Å². The molecule has 2 aliphatic carbocycles. The molecule has 0 radical (unpaired) electrons. The van der Waals surface area contributed by atoms with E-state index in [0.29, 0.717) is 16.9 Å². The molecule has 1 saturated carbocycles. The molecule has 0 N–H and O–H groups in total. The van der Waals surface area contributed by atoms with Crippen molar-refractivity contribution in [2.45, 2.75) is 62.7 Å². The summed E-state index contributed by atoms with van der Waals surface area (Å²) >= 11 is 1.89. The third-order valence-corrected chi connectivity index (χ3v) is 6.55. The number of hydrogen-bond donors (Lipinski definition) is 0. The van der Waals surface area contributed by atoms with Crippen molar-refractivity contribution >= 4 is 17.7 Å². The van der Waals surface area contributed by atoms with E-state index in [1.807, 2.05) is 23.7 Å². The summed E-state index contributed by atoms with van der Waals surface area (Å²) in [4.78, 5) is 14.6. The summed E-state index contributed by atoms with van der Waals surface area (Å²) in [5.41, 5.74) is 2.80. The Labute approximate surface area is 138 Å². The van der Waals surface area contributed by atoms with Gasteiger partial charge in [0.2, 0.25) is 5.91 Å². The van der Waals surface area contributed by atoms with Crippen LogP contribution >= 0.6 is 11.8 Å². The maximum atomic E-state index is 12.6. The van der Waals surface area contributed by atoms with E-state index in [1.54, 1.807) is 0 Å². The number of aryl methyl sites for hydroxylation is 1. The standard InChI is InChI=1S/C19H27NOS/c1-20(19(21)14-22-16-10-3-2-4-11-16)18-13-7-9-15-8-5-6-12-17(15)18/h5-6,8,12,16,18H,2-4,7,9-11,13-14H2,1H3. The van der Waals surface area contributed by atoms with Crippen LogP contribution in [0, 0.1) is 0 Å². The molecular formula is C19H27NOS. The van der Waals surface area contributed by atoms with Gasteiger partial charge in [0, 0.05) is 12.3 Å². The highest BCUT2D eigenvalue weighted by molar-refractivity contribution is 8.00. The van der Waals surface area contributed by atoms with E-state index in [2.05, 4.69) is 24.3 Å². The van der Waals surface area contributed by atoms with E-state index in [0.717, 1.165) is 12.8 Å². The summed E-state index contributed by atoms with van der Waals surface area (Å²) in [7, 11) is 2.00. The second kappa shape index (κ2) is 7.54. The van der Waals surface area contributed by atoms with Gasteiger partial charge in [0.15, 0.2) is 0 Å². The Balaban J connectivity index is 1.59. The van der Waals surface area contributed by atoms with Crippen molar-refractivity contribution in [2.24, 2.45) is 0 Å². The van der Waals surface area contributed by atoms with Crippen molar-refractivity contribution in [3.63, 3.8) is 0 Å². The minimum atomic E-state index is 0.282. The van der Waals surface area contributed by atoms with E-state index in [4.69, 9.17) is 0 Å². The highest BCUT2D eigenvalue weighted by Gasteiger charge is 2.27. The number of fused-ring (bicyclic) bond motifs is 1. The fourth-order valence-electron chi connectivity index (χ4n) is 3.83. The molecule has 120 valence electrons. The minimum Gasteiger partial charge on any atom is -0.338 e. The first-order valence-corrected chi connectivity index (χ1v) is 9.75. The number of thioether (sulfide) groups is 1. The van der Waals surface area contributed by atoms with Crippen molar-refractivity contribution in [2.75, 3.05) is 12.8 Å². The quantitative estimate of drug-likeness (QED) is 0.809. The SMILES string of the molecule is CN(C(=O)CSC1CCCCC1)C1CCCc2ccccc21. The smallest absolute Gasteiger partial charge is 0.232 e. The molecule has 2 nitrogen and oxygen atoms in total. The number of nitrogens with zero attached hydrogens (tertiary/aromatic N) is 1.